The van der Waals surface area contributed by atoms with E-state index in [0.29, 0.717) is 5.06 Å². The lowest BCUT2D eigenvalue weighted by molar-refractivity contribution is 0.486. The Kier molecular flexibility index (Phi) is 1.94. The summed E-state index contributed by atoms with van der Waals surface area (Å²) in [6, 6.07) is 7.69. The Morgan fingerprint density at radius 1 is 1.19 bits per heavy atom. The molecule has 0 aliphatic carbocycles. The predicted molar refractivity (Wildman–Crippen MR) is 63.1 cm³/mol. The van der Waals surface area contributed by atoms with E-state index in [1.807, 2.05) is 36.6 Å². The molecule has 0 atom stereocenters. The average molecular weight is 231 g/mol. The van der Waals surface area contributed by atoms with Crippen molar-refractivity contribution in [3.05, 3.63) is 35.2 Å². The van der Waals surface area contributed by atoms with Crippen LogP contribution in [0, 0.1) is 6.92 Å². The first-order chi connectivity index (χ1) is 7.75. The van der Waals surface area contributed by atoms with Crippen molar-refractivity contribution in [1.82, 2.24) is 15.0 Å². The lowest BCUT2D eigenvalue weighted by Gasteiger charge is -1.96. The van der Waals surface area contributed by atoms with Gasteiger partial charge in [0.05, 0.1) is 0 Å². The van der Waals surface area contributed by atoms with Crippen LogP contribution in [0.5, 0.6) is 5.06 Å². The minimum Gasteiger partial charge on any atom is -0.499 e. The zero-order chi connectivity index (χ0) is 11.1. The maximum Gasteiger partial charge on any atom is 0.176 e. The van der Waals surface area contributed by atoms with Crippen LogP contribution in [0.4, 0.5) is 0 Å². The molecule has 0 bridgehead atoms. The van der Waals surface area contributed by atoms with Crippen LogP contribution in [0.1, 0.15) is 5.56 Å². The smallest absolute Gasteiger partial charge is 0.176 e. The molecule has 3 rings (SSSR count). The molecule has 2 aromatic heterocycles. The number of hydrogen-bond donors (Lipinski definition) is 1. The molecule has 0 fully saturated rings. The van der Waals surface area contributed by atoms with Crippen LogP contribution in [0.3, 0.4) is 0 Å². The fourth-order valence-corrected chi connectivity index (χ4v) is 2.34. The molecule has 4 nitrogen and oxygen atoms in total. The van der Waals surface area contributed by atoms with Gasteiger partial charge in [-0.1, -0.05) is 12.1 Å². The van der Waals surface area contributed by atoms with Gasteiger partial charge in [-0.05, 0) is 19.1 Å². The van der Waals surface area contributed by atoms with E-state index in [1.54, 1.807) is 4.80 Å². The number of nitrogens with zero attached hydrogens (tertiary/aromatic N) is 3. The normalized spacial score (nSPS) is 11.1. The summed E-state index contributed by atoms with van der Waals surface area (Å²) in [5, 5.41) is 20.4. The highest BCUT2D eigenvalue weighted by molar-refractivity contribution is 7.12. The topological polar surface area (TPSA) is 50.9 Å². The monoisotopic (exact) mass is 231 g/mol. The number of thiophene rings is 1. The zero-order valence-electron chi connectivity index (χ0n) is 8.58. The fourth-order valence-electron chi connectivity index (χ4n) is 1.56. The molecule has 0 spiro atoms. The van der Waals surface area contributed by atoms with Crippen molar-refractivity contribution in [2.24, 2.45) is 0 Å². The summed E-state index contributed by atoms with van der Waals surface area (Å²) in [6.45, 7) is 1.86. The highest BCUT2D eigenvalue weighted by Gasteiger charge is 2.11. The highest BCUT2D eigenvalue weighted by atomic mass is 32.1. The van der Waals surface area contributed by atoms with Gasteiger partial charge >= 0.3 is 0 Å². The third-order valence-corrected chi connectivity index (χ3v) is 3.36. The van der Waals surface area contributed by atoms with E-state index in [-0.39, 0.29) is 0 Å². The summed E-state index contributed by atoms with van der Waals surface area (Å²) in [6.07, 6.45) is 0. The molecule has 0 amide bonds. The molecule has 80 valence electrons. The molecular formula is C11H9N3OS. The van der Waals surface area contributed by atoms with Gasteiger partial charge in [0, 0.05) is 10.9 Å². The van der Waals surface area contributed by atoms with E-state index in [2.05, 4.69) is 10.2 Å². The third kappa shape index (κ3) is 1.29. The van der Waals surface area contributed by atoms with Crippen LogP contribution >= 0.6 is 11.3 Å². The Morgan fingerprint density at radius 2 is 1.81 bits per heavy atom. The van der Waals surface area contributed by atoms with Gasteiger partial charge in [-0.25, -0.2) is 0 Å². The molecule has 2 heterocycles. The summed E-state index contributed by atoms with van der Waals surface area (Å²) in [5.74, 6) is 0. The van der Waals surface area contributed by atoms with Gasteiger partial charge in [0.25, 0.3) is 0 Å². The van der Waals surface area contributed by atoms with Crippen molar-refractivity contribution < 1.29 is 5.11 Å². The molecular weight excluding hydrogens is 222 g/mol. The first kappa shape index (κ1) is 9.35. The van der Waals surface area contributed by atoms with Gasteiger partial charge in [-0.2, -0.15) is 0 Å². The van der Waals surface area contributed by atoms with Crippen LogP contribution in [0.15, 0.2) is 29.6 Å². The standard InChI is InChI=1S/C11H9N3OS/c1-7-10(6-16-11(7)15)14-12-8-4-2-3-5-9(8)13-14/h2-6,15H,1H3. The maximum atomic E-state index is 9.53. The number of rotatable bonds is 1. The van der Waals surface area contributed by atoms with Gasteiger partial charge in [0.15, 0.2) is 5.06 Å². The summed E-state index contributed by atoms with van der Waals surface area (Å²) in [7, 11) is 0. The first-order valence-corrected chi connectivity index (χ1v) is 5.73. The van der Waals surface area contributed by atoms with Crippen molar-refractivity contribution in [2.45, 2.75) is 6.92 Å². The molecule has 0 saturated heterocycles. The average Bonchev–Trinajstić information content (AvgIpc) is 2.84. The summed E-state index contributed by atoms with van der Waals surface area (Å²) >= 11 is 1.29. The second-order valence-corrected chi connectivity index (χ2v) is 4.39. The molecule has 0 aliphatic rings. The van der Waals surface area contributed by atoms with E-state index in [9.17, 15) is 5.11 Å². The minimum absolute atomic E-state index is 0.316. The van der Waals surface area contributed by atoms with Crippen molar-refractivity contribution in [1.29, 1.82) is 0 Å². The van der Waals surface area contributed by atoms with E-state index >= 15 is 0 Å². The van der Waals surface area contributed by atoms with E-state index < -0.39 is 0 Å². The number of fused-ring (bicyclic) bond motifs is 1. The Bertz CT molecular complexity index is 623. The molecule has 5 heteroatoms. The minimum atomic E-state index is 0.316. The quantitative estimate of drug-likeness (QED) is 0.700. The van der Waals surface area contributed by atoms with Gasteiger partial charge in [-0.3, -0.25) is 0 Å². The molecule has 16 heavy (non-hydrogen) atoms. The molecule has 0 radical (unpaired) electrons. The van der Waals surface area contributed by atoms with E-state index in [0.717, 1.165) is 22.3 Å². The Morgan fingerprint density at radius 3 is 2.31 bits per heavy atom. The molecule has 0 saturated carbocycles. The molecule has 3 aromatic rings. The Balaban J connectivity index is 2.23. The highest BCUT2D eigenvalue weighted by Crippen LogP contribution is 2.30. The lowest BCUT2D eigenvalue weighted by Crippen LogP contribution is -1.98. The Hall–Kier alpha value is -1.88. The summed E-state index contributed by atoms with van der Waals surface area (Å²) in [5.41, 5.74) is 3.35. The van der Waals surface area contributed by atoms with Crippen LogP contribution in [0.25, 0.3) is 16.7 Å². The fraction of sp³-hybridized carbons (Fsp3) is 0.0909. The number of aromatic nitrogens is 3. The van der Waals surface area contributed by atoms with Crippen molar-refractivity contribution in [3.8, 4) is 10.8 Å². The molecule has 1 N–H and O–H groups in total. The maximum absolute atomic E-state index is 9.53. The van der Waals surface area contributed by atoms with Crippen LogP contribution < -0.4 is 0 Å². The van der Waals surface area contributed by atoms with Crippen molar-refractivity contribution in [2.75, 3.05) is 0 Å². The predicted octanol–water partition coefficient (Wildman–Crippen LogP) is 2.50. The van der Waals surface area contributed by atoms with E-state index in [4.69, 9.17) is 0 Å². The van der Waals surface area contributed by atoms with Crippen LogP contribution in [-0.2, 0) is 0 Å². The van der Waals surface area contributed by atoms with E-state index in [1.165, 1.54) is 11.3 Å². The molecule has 1 aromatic carbocycles. The van der Waals surface area contributed by atoms with Gasteiger partial charge in [-0.15, -0.1) is 26.3 Å². The number of aromatic hydroxyl groups is 1. The van der Waals surface area contributed by atoms with Gasteiger partial charge < -0.3 is 5.11 Å². The second-order valence-electron chi connectivity index (χ2n) is 3.53. The second kappa shape index (κ2) is 3.31. The largest absolute Gasteiger partial charge is 0.499 e. The number of benzene rings is 1. The first-order valence-electron chi connectivity index (χ1n) is 4.85. The number of hydrogen-bond acceptors (Lipinski definition) is 4. The SMILES string of the molecule is Cc1c(-n2nc3ccccc3n2)csc1O. The summed E-state index contributed by atoms with van der Waals surface area (Å²) in [4.78, 5) is 1.57. The lowest BCUT2D eigenvalue weighted by atomic mass is 10.3. The van der Waals surface area contributed by atoms with Crippen molar-refractivity contribution >= 4 is 22.4 Å². The van der Waals surface area contributed by atoms with Crippen LogP contribution in [-0.4, -0.2) is 20.1 Å². The van der Waals surface area contributed by atoms with Crippen LogP contribution in [0.2, 0.25) is 0 Å². The van der Waals surface area contributed by atoms with Gasteiger partial charge in [0.2, 0.25) is 0 Å². The van der Waals surface area contributed by atoms with Gasteiger partial charge in [0.1, 0.15) is 16.7 Å². The van der Waals surface area contributed by atoms with Crippen molar-refractivity contribution in [3.63, 3.8) is 0 Å². The molecule has 0 aliphatic heterocycles. The third-order valence-electron chi connectivity index (χ3n) is 2.49. The zero-order valence-corrected chi connectivity index (χ0v) is 9.40. The molecule has 0 unspecified atom stereocenters. The Labute approximate surface area is 95.8 Å². The summed E-state index contributed by atoms with van der Waals surface area (Å²) < 4.78 is 0.